The first-order valence-corrected chi connectivity index (χ1v) is 9.15. The average Bonchev–Trinajstić information content (AvgIpc) is 3.19. The Morgan fingerprint density at radius 2 is 2.00 bits per heavy atom. The van der Waals surface area contributed by atoms with E-state index in [0.29, 0.717) is 16.5 Å². The molecule has 0 spiro atoms. The molecule has 2 aliphatic rings. The van der Waals surface area contributed by atoms with Crippen molar-refractivity contribution >= 4 is 29.1 Å². The van der Waals surface area contributed by atoms with E-state index in [-0.39, 0.29) is 25.2 Å². The number of nitrogens with zero attached hydrogens (tertiary/aromatic N) is 1. The van der Waals surface area contributed by atoms with Crippen molar-refractivity contribution in [3.63, 3.8) is 0 Å². The quantitative estimate of drug-likeness (QED) is 0.874. The van der Waals surface area contributed by atoms with Gasteiger partial charge in [0, 0.05) is 29.3 Å². The second-order valence-corrected chi connectivity index (χ2v) is 7.01. The van der Waals surface area contributed by atoms with E-state index in [9.17, 15) is 9.59 Å². The van der Waals surface area contributed by atoms with E-state index in [1.807, 2.05) is 18.2 Å². The molecule has 0 saturated heterocycles. The highest BCUT2D eigenvalue weighted by Gasteiger charge is 2.38. The van der Waals surface area contributed by atoms with Crippen LogP contribution in [0.1, 0.15) is 36.6 Å². The molecule has 6 nitrogen and oxygen atoms in total. The number of hydrogen-bond acceptors (Lipinski definition) is 4. The largest absolute Gasteiger partial charge is 0.454 e. The lowest BCUT2D eigenvalue weighted by molar-refractivity contribution is -0.126. The summed E-state index contributed by atoms with van der Waals surface area (Å²) in [5.74, 6) is 0.785. The van der Waals surface area contributed by atoms with Crippen molar-refractivity contribution in [3.05, 3.63) is 52.0 Å². The van der Waals surface area contributed by atoms with Crippen molar-refractivity contribution in [2.45, 2.75) is 32.9 Å². The summed E-state index contributed by atoms with van der Waals surface area (Å²) in [5.41, 5.74) is 3.46. The highest BCUT2D eigenvalue weighted by Crippen LogP contribution is 2.41. The molecule has 1 N–H and O–H groups in total. The number of nitrogens with one attached hydrogen (secondary N) is 1. The third kappa shape index (κ3) is 3.10. The Bertz CT molecular complexity index is 944. The smallest absolute Gasteiger partial charge is 0.254 e. The molecular formula is C20H19ClN2O4. The monoisotopic (exact) mass is 386 g/mol. The zero-order valence-electron chi connectivity index (χ0n) is 15.0. The predicted molar refractivity (Wildman–Crippen MR) is 101 cm³/mol. The zero-order chi connectivity index (χ0) is 19.1. The van der Waals surface area contributed by atoms with Gasteiger partial charge < -0.3 is 19.7 Å². The van der Waals surface area contributed by atoms with Crippen LogP contribution in [0.5, 0.6) is 11.5 Å². The van der Waals surface area contributed by atoms with E-state index in [1.54, 1.807) is 17.0 Å². The van der Waals surface area contributed by atoms with Crippen LogP contribution in [-0.2, 0) is 22.6 Å². The molecule has 1 unspecified atom stereocenters. The Kier molecular flexibility index (Phi) is 4.44. The summed E-state index contributed by atoms with van der Waals surface area (Å²) in [6, 6.07) is 8.72. The van der Waals surface area contributed by atoms with Crippen molar-refractivity contribution in [1.82, 2.24) is 5.32 Å². The van der Waals surface area contributed by atoms with Gasteiger partial charge in [0.2, 0.25) is 12.7 Å². The van der Waals surface area contributed by atoms with Crippen molar-refractivity contribution in [2.75, 3.05) is 11.7 Å². The number of aryl methyl sites for hydroxylation is 1. The van der Waals surface area contributed by atoms with E-state index >= 15 is 0 Å². The number of fused-ring (bicyclic) bond motifs is 2. The number of carbonyl (C=O) groups is 2. The molecule has 0 aromatic heterocycles. The van der Waals surface area contributed by atoms with Gasteiger partial charge in [-0.1, -0.05) is 30.7 Å². The highest BCUT2D eigenvalue weighted by molar-refractivity contribution is 6.31. The predicted octanol–water partition coefficient (Wildman–Crippen LogP) is 3.36. The Labute approximate surface area is 162 Å². The zero-order valence-corrected chi connectivity index (χ0v) is 15.8. The first-order chi connectivity index (χ1) is 13.0. The maximum absolute atomic E-state index is 13.1. The molecule has 2 amide bonds. The van der Waals surface area contributed by atoms with Crippen LogP contribution < -0.4 is 19.7 Å². The maximum Gasteiger partial charge on any atom is 0.254 e. The first kappa shape index (κ1) is 17.7. The molecule has 7 heteroatoms. The van der Waals surface area contributed by atoms with Crippen molar-refractivity contribution in [3.8, 4) is 11.5 Å². The van der Waals surface area contributed by atoms with Crippen LogP contribution in [0, 0.1) is 0 Å². The van der Waals surface area contributed by atoms with E-state index in [0.717, 1.165) is 28.8 Å². The highest BCUT2D eigenvalue weighted by atomic mass is 35.5. The molecule has 2 aromatic carbocycles. The molecule has 4 rings (SSSR count). The van der Waals surface area contributed by atoms with E-state index in [4.69, 9.17) is 21.1 Å². The number of halogens is 1. The van der Waals surface area contributed by atoms with Gasteiger partial charge in [0.05, 0.1) is 6.54 Å². The van der Waals surface area contributed by atoms with E-state index in [2.05, 4.69) is 12.2 Å². The van der Waals surface area contributed by atoms with Gasteiger partial charge in [-0.3, -0.25) is 9.59 Å². The average molecular weight is 387 g/mol. The minimum atomic E-state index is -0.684. The Balaban J connectivity index is 1.71. The Morgan fingerprint density at radius 3 is 2.70 bits per heavy atom. The fourth-order valence-electron chi connectivity index (χ4n) is 3.47. The lowest BCUT2D eigenvalue weighted by Gasteiger charge is -2.19. The van der Waals surface area contributed by atoms with Crippen LogP contribution in [0.2, 0.25) is 5.02 Å². The topological polar surface area (TPSA) is 67.9 Å². The number of ether oxygens (including phenoxy) is 2. The van der Waals surface area contributed by atoms with E-state index in [1.165, 1.54) is 6.92 Å². The van der Waals surface area contributed by atoms with Crippen LogP contribution in [0.25, 0.3) is 0 Å². The van der Waals surface area contributed by atoms with Crippen LogP contribution >= 0.6 is 11.6 Å². The van der Waals surface area contributed by atoms with Crippen LogP contribution in [0.15, 0.2) is 30.3 Å². The molecule has 2 heterocycles. The molecule has 1 atom stereocenters. The SMILES string of the molecule is CCc1ccc2c(c1)C(NC(C)=O)C(=O)N2Cc1cc2c(cc1Cl)OCO2. The summed E-state index contributed by atoms with van der Waals surface area (Å²) in [5, 5.41) is 3.26. The molecule has 0 fully saturated rings. The van der Waals surface area contributed by atoms with Crippen LogP contribution in [0.4, 0.5) is 5.69 Å². The second kappa shape index (κ2) is 6.78. The summed E-state index contributed by atoms with van der Waals surface area (Å²) in [4.78, 5) is 26.3. The Morgan fingerprint density at radius 1 is 1.26 bits per heavy atom. The molecule has 2 aromatic rings. The molecule has 27 heavy (non-hydrogen) atoms. The van der Waals surface area contributed by atoms with Gasteiger partial charge in [0.15, 0.2) is 11.5 Å². The summed E-state index contributed by atoms with van der Waals surface area (Å²) in [6.07, 6.45) is 0.849. The fourth-order valence-corrected chi connectivity index (χ4v) is 3.68. The molecule has 0 radical (unpaired) electrons. The standard InChI is InChI=1S/C20H19ClN2O4/c1-3-12-4-5-16-14(6-12)19(22-11(2)24)20(25)23(16)9-13-7-17-18(8-15(13)21)27-10-26-17/h4-8,19H,3,9-10H2,1-2H3,(H,22,24). The van der Waals surface area contributed by atoms with Gasteiger partial charge >= 0.3 is 0 Å². The minimum absolute atomic E-state index is 0.158. The van der Waals surface area contributed by atoms with Gasteiger partial charge in [0.25, 0.3) is 5.91 Å². The van der Waals surface area contributed by atoms with Crippen molar-refractivity contribution < 1.29 is 19.1 Å². The molecule has 2 aliphatic heterocycles. The number of amides is 2. The molecule has 0 bridgehead atoms. The second-order valence-electron chi connectivity index (χ2n) is 6.60. The molecular weight excluding hydrogens is 368 g/mol. The number of benzene rings is 2. The number of anilines is 1. The summed E-state index contributed by atoms with van der Waals surface area (Å²) in [7, 11) is 0. The summed E-state index contributed by atoms with van der Waals surface area (Å²) >= 11 is 6.39. The van der Waals surface area contributed by atoms with Crippen LogP contribution in [-0.4, -0.2) is 18.6 Å². The number of rotatable bonds is 4. The third-order valence-electron chi connectivity index (χ3n) is 4.83. The van der Waals surface area contributed by atoms with E-state index < -0.39 is 6.04 Å². The number of hydrogen-bond donors (Lipinski definition) is 1. The third-order valence-corrected chi connectivity index (χ3v) is 5.18. The number of carbonyl (C=O) groups excluding carboxylic acids is 2. The van der Waals surface area contributed by atoms with Gasteiger partial charge in [-0.05, 0) is 29.7 Å². The van der Waals surface area contributed by atoms with Gasteiger partial charge in [-0.15, -0.1) is 0 Å². The van der Waals surface area contributed by atoms with Crippen molar-refractivity contribution in [2.24, 2.45) is 0 Å². The van der Waals surface area contributed by atoms with Gasteiger partial charge in [-0.25, -0.2) is 0 Å². The maximum atomic E-state index is 13.1. The molecule has 140 valence electrons. The fraction of sp³-hybridized carbons (Fsp3) is 0.300. The summed E-state index contributed by atoms with van der Waals surface area (Å²) < 4.78 is 10.8. The minimum Gasteiger partial charge on any atom is -0.454 e. The lowest BCUT2D eigenvalue weighted by atomic mass is 10.0. The first-order valence-electron chi connectivity index (χ1n) is 8.77. The van der Waals surface area contributed by atoms with Gasteiger partial charge in [0.1, 0.15) is 6.04 Å². The Hall–Kier alpha value is -2.73. The van der Waals surface area contributed by atoms with Gasteiger partial charge in [-0.2, -0.15) is 0 Å². The normalized spacial score (nSPS) is 17.2. The molecule has 0 aliphatic carbocycles. The van der Waals surface area contributed by atoms with Crippen LogP contribution in [0.3, 0.4) is 0 Å². The lowest BCUT2D eigenvalue weighted by Crippen LogP contribution is -2.36. The summed E-state index contributed by atoms with van der Waals surface area (Å²) in [6.45, 7) is 3.90. The molecule has 0 saturated carbocycles. The van der Waals surface area contributed by atoms with Crippen molar-refractivity contribution in [1.29, 1.82) is 0 Å².